The second kappa shape index (κ2) is 2.98. The maximum atomic E-state index is 8.96. The molecule has 1 aliphatic rings. The fraction of sp³-hybridized carbons (Fsp3) is 1.00. The average Bonchev–Trinajstić information content (AvgIpc) is 1.87. The van der Waals surface area contributed by atoms with Gasteiger partial charge in [0, 0.05) is 0 Å². The van der Waals surface area contributed by atoms with E-state index >= 15 is 0 Å². The Morgan fingerprint density at radius 1 is 1.86 bits per heavy atom. The van der Waals surface area contributed by atoms with Gasteiger partial charge in [0.15, 0.2) is 0 Å². The summed E-state index contributed by atoms with van der Waals surface area (Å²) in [6.07, 6.45) is 0. The Kier molecular flexibility index (Phi) is 2.88. The minimum atomic E-state index is -1.35. The van der Waals surface area contributed by atoms with Crippen LogP contribution in [0, 0.1) is 0 Å². The van der Waals surface area contributed by atoms with Gasteiger partial charge in [0.2, 0.25) is 0 Å². The second-order valence-corrected chi connectivity index (χ2v) is 12.6. The molecule has 1 nitrogen and oxygen atoms in total. The molecule has 0 bridgehead atoms. The molecule has 0 radical (unpaired) electrons. The van der Waals surface area contributed by atoms with Crippen molar-refractivity contribution >= 4 is 42.0 Å². The fourth-order valence-corrected chi connectivity index (χ4v) is 14.9. The number of hydrogen-bond acceptors (Lipinski definition) is 3. The van der Waals surface area contributed by atoms with Gasteiger partial charge in [0.25, 0.3) is 0 Å². The van der Waals surface area contributed by atoms with Gasteiger partial charge in [-0.1, -0.05) is 0 Å². The van der Waals surface area contributed by atoms with Crippen molar-refractivity contribution in [1.82, 2.24) is 0 Å². The molecule has 0 aromatic rings. The van der Waals surface area contributed by atoms with Gasteiger partial charge in [-0.2, -0.15) is 0 Å². The maximum absolute atomic E-state index is 8.96. The summed E-state index contributed by atoms with van der Waals surface area (Å²) in [6.45, 7) is 0. The number of rotatable bonds is 0. The summed E-state index contributed by atoms with van der Waals surface area (Å²) in [5.41, 5.74) is 0. The quantitative estimate of drug-likeness (QED) is 0.474. The molecule has 3 unspecified atom stereocenters. The van der Waals surface area contributed by atoms with Gasteiger partial charge in [-0.3, -0.25) is 0 Å². The first-order valence-electron chi connectivity index (χ1n) is 1.83. The summed E-state index contributed by atoms with van der Waals surface area (Å²) in [7, 11) is 6.21. The van der Waals surface area contributed by atoms with E-state index in [1.54, 1.807) is 20.0 Å². The van der Waals surface area contributed by atoms with Gasteiger partial charge in [0.05, 0.1) is 0 Å². The van der Waals surface area contributed by atoms with Crippen LogP contribution >= 0.6 is 29.3 Å². The predicted molar refractivity (Wildman–Crippen MR) is 41.5 cm³/mol. The van der Waals surface area contributed by atoms with Gasteiger partial charge in [-0.15, -0.1) is 0 Å². The summed E-state index contributed by atoms with van der Waals surface area (Å²) in [5.74, 6) is 1.13. The van der Waals surface area contributed by atoms with Crippen molar-refractivity contribution < 1.29 is 4.10 Å². The van der Waals surface area contributed by atoms with Crippen molar-refractivity contribution in [3.8, 4) is 0 Å². The van der Waals surface area contributed by atoms with Gasteiger partial charge < -0.3 is 0 Å². The van der Waals surface area contributed by atoms with Crippen LogP contribution in [0.25, 0.3) is 0 Å². The van der Waals surface area contributed by atoms with Crippen LogP contribution in [0.15, 0.2) is 0 Å². The van der Waals surface area contributed by atoms with Crippen molar-refractivity contribution in [2.45, 2.75) is 4.99 Å². The molecule has 0 aromatic carbocycles. The van der Waals surface area contributed by atoms with E-state index in [1.807, 2.05) is 0 Å². The number of hydrogen-bond donors (Lipinski definition) is 1. The van der Waals surface area contributed by atoms with Crippen molar-refractivity contribution in [2.24, 2.45) is 0 Å². The second-order valence-electron chi connectivity index (χ2n) is 1.18. The average molecular weight is 216 g/mol. The van der Waals surface area contributed by atoms with E-state index in [-0.39, 0.29) is 0 Å². The van der Waals surface area contributed by atoms with Gasteiger partial charge >= 0.3 is 56.8 Å². The molecular formula is C2H6AsOPS2. The molecule has 5 heteroatoms. The van der Waals surface area contributed by atoms with Crippen LogP contribution in [0.2, 0.25) is 0 Å². The molecule has 0 saturated carbocycles. The van der Waals surface area contributed by atoms with Crippen LogP contribution in [-0.4, -0.2) is 27.5 Å². The SMILES string of the molecule is O[As]1SCC(P)S1. The van der Waals surface area contributed by atoms with Crippen molar-refractivity contribution in [1.29, 1.82) is 0 Å². The third kappa shape index (κ3) is 2.15. The fourth-order valence-electron chi connectivity index (χ4n) is 0.314. The molecule has 1 saturated heterocycles. The Balaban J connectivity index is 2.26. The van der Waals surface area contributed by atoms with E-state index in [2.05, 4.69) is 9.24 Å². The zero-order chi connectivity index (χ0) is 5.28. The first-order valence-corrected chi connectivity index (χ1v) is 9.71. The normalized spacial score (nSPS) is 42.0. The summed E-state index contributed by atoms with van der Waals surface area (Å²) in [4.78, 5) is 0.634. The molecule has 7 heavy (non-hydrogen) atoms. The standard InChI is InChI=1S/C2H6AsOPS2/c4-3-6-1-2(5)7-3/h2,4H,1,5H2. The molecule has 0 spiro atoms. The van der Waals surface area contributed by atoms with Crippen LogP contribution in [0.3, 0.4) is 0 Å². The third-order valence-corrected chi connectivity index (χ3v) is 12.8. The summed E-state index contributed by atoms with van der Waals surface area (Å²) in [6, 6.07) is 0. The van der Waals surface area contributed by atoms with Gasteiger partial charge in [-0.25, -0.2) is 0 Å². The molecule has 42 valence electrons. The Labute approximate surface area is 56.8 Å². The van der Waals surface area contributed by atoms with Crippen molar-refractivity contribution in [3.05, 3.63) is 0 Å². The van der Waals surface area contributed by atoms with Crippen molar-refractivity contribution in [3.63, 3.8) is 0 Å². The van der Waals surface area contributed by atoms with E-state index in [1.165, 1.54) is 0 Å². The molecule has 0 aliphatic carbocycles. The third-order valence-electron chi connectivity index (χ3n) is 0.575. The molecule has 0 amide bonds. The molecular weight excluding hydrogens is 210 g/mol. The Hall–Kier alpha value is 1.65. The zero-order valence-electron chi connectivity index (χ0n) is 3.57. The molecule has 1 fully saturated rings. The van der Waals surface area contributed by atoms with E-state index < -0.39 is 12.7 Å². The minimum absolute atomic E-state index is 0.634. The molecule has 1 aliphatic heterocycles. The topological polar surface area (TPSA) is 20.2 Å². The van der Waals surface area contributed by atoms with Crippen LogP contribution in [0.1, 0.15) is 0 Å². The summed E-state index contributed by atoms with van der Waals surface area (Å²) >= 11 is -1.35. The molecule has 1 N–H and O–H groups in total. The Morgan fingerprint density at radius 2 is 2.57 bits per heavy atom. The molecule has 1 rings (SSSR count). The van der Waals surface area contributed by atoms with Crippen LogP contribution in [-0.2, 0) is 0 Å². The summed E-state index contributed by atoms with van der Waals surface area (Å²) in [5, 5.41) is 0. The van der Waals surface area contributed by atoms with Crippen LogP contribution in [0.5, 0.6) is 0 Å². The summed E-state index contributed by atoms with van der Waals surface area (Å²) < 4.78 is 8.96. The van der Waals surface area contributed by atoms with Crippen LogP contribution < -0.4 is 0 Å². The molecule has 1 heterocycles. The zero-order valence-corrected chi connectivity index (χ0v) is 8.24. The van der Waals surface area contributed by atoms with E-state index in [4.69, 9.17) is 4.10 Å². The van der Waals surface area contributed by atoms with E-state index in [9.17, 15) is 0 Å². The Morgan fingerprint density at radius 3 is 2.71 bits per heavy atom. The first kappa shape index (κ1) is 6.76. The first-order chi connectivity index (χ1) is 3.29. The van der Waals surface area contributed by atoms with Gasteiger partial charge in [-0.05, 0) is 0 Å². The predicted octanol–water partition coefficient (Wildman–Crippen LogP) is 0.645. The molecule has 3 atom stereocenters. The molecule has 0 aromatic heterocycles. The van der Waals surface area contributed by atoms with E-state index in [0.29, 0.717) is 4.99 Å². The van der Waals surface area contributed by atoms with Crippen molar-refractivity contribution in [2.75, 3.05) is 5.75 Å². The van der Waals surface area contributed by atoms with Gasteiger partial charge in [0.1, 0.15) is 0 Å². The Bertz CT molecular complexity index is 64.7. The van der Waals surface area contributed by atoms with E-state index in [0.717, 1.165) is 5.75 Å². The van der Waals surface area contributed by atoms with Crippen LogP contribution in [0.4, 0.5) is 0 Å². The monoisotopic (exact) mass is 216 g/mol.